The molecule has 1 aromatic heterocycles. The molecule has 1 aliphatic heterocycles. The van der Waals surface area contributed by atoms with Gasteiger partial charge < -0.3 is 9.64 Å². The van der Waals surface area contributed by atoms with Gasteiger partial charge in [-0.2, -0.15) is 10.2 Å². The van der Waals surface area contributed by atoms with E-state index in [0.717, 1.165) is 12.0 Å². The van der Waals surface area contributed by atoms with E-state index in [1.165, 1.54) is 0 Å². The van der Waals surface area contributed by atoms with Gasteiger partial charge in [0.2, 0.25) is 0 Å². The maximum Gasteiger partial charge on any atom is 0.410 e. The van der Waals surface area contributed by atoms with E-state index in [4.69, 9.17) is 4.74 Å². The van der Waals surface area contributed by atoms with Crippen LogP contribution in [0.2, 0.25) is 0 Å². The van der Waals surface area contributed by atoms with Crippen LogP contribution in [0.25, 0.3) is 0 Å². The highest BCUT2D eigenvalue weighted by Crippen LogP contribution is 2.15. The van der Waals surface area contributed by atoms with Crippen LogP contribution >= 0.6 is 0 Å². The van der Waals surface area contributed by atoms with Crippen molar-refractivity contribution in [2.24, 2.45) is 0 Å². The highest BCUT2D eigenvalue weighted by atomic mass is 16.6. The van der Waals surface area contributed by atoms with Crippen molar-refractivity contribution in [3.05, 3.63) is 24.0 Å². The van der Waals surface area contributed by atoms with Crippen LogP contribution in [0.4, 0.5) is 4.79 Å². The van der Waals surface area contributed by atoms with E-state index in [0.29, 0.717) is 13.2 Å². The summed E-state index contributed by atoms with van der Waals surface area (Å²) in [6, 6.07) is 2.04. The molecule has 2 rings (SSSR count). The van der Waals surface area contributed by atoms with Crippen molar-refractivity contribution in [1.29, 1.82) is 0 Å². The number of hydrogen-bond donors (Lipinski definition) is 0. The molecule has 1 amide bonds. The summed E-state index contributed by atoms with van der Waals surface area (Å²) in [5.41, 5.74) is 1.08. The highest BCUT2D eigenvalue weighted by molar-refractivity contribution is 5.70. The number of hydrogen-bond acceptors (Lipinski definition) is 4. The third-order valence-corrected chi connectivity index (χ3v) is 2.53. The van der Waals surface area contributed by atoms with Crippen molar-refractivity contribution < 1.29 is 9.53 Å². The quantitative estimate of drug-likeness (QED) is 0.737. The molecule has 1 atom stereocenters. The number of rotatable bonds is 3. The van der Waals surface area contributed by atoms with Crippen LogP contribution in [0.3, 0.4) is 0 Å². The number of amides is 1. The Bertz CT molecular complexity index is 342. The third-order valence-electron chi connectivity index (χ3n) is 2.53. The van der Waals surface area contributed by atoms with Crippen LogP contribution in [-0.4, -0.2) is 40.4 Å². The van der Waals surface area contributed by atoms with Gasteiger partial charge in [-0.25, -0.2) is 4.79 Å². The first kappa shape index (κ1) is 9.89. The number of carbonyl (C=O) groups is 1. The predicted octanol–water partition coefficient (Wildman–Crippen LogP) is 0.860. The minimum absolute atomic E-state index is 0.131. The monoisotopic (exact) mass is 207 g/mol. The topological polar surface area (TPSA) is 55.3 Å². The van der Waals surface area contributed by atoms with E-state index in [-0.39, 0.29) is 12.1 Å². The summed E-state index contributed by atoms with van der Waals surface area (Å²) in [5, 5.41) is 7.51. The molecule has 0 radical (unpaired) electrons. The van der Waals surface area contributed by atoms with Gasteiger partial charge in [-0.1, -0.05) is 0 Å². The summed E-state index contributed by atoms with van der Waals surface area (Å²) < 4.78 is 4.99. The first-order valence-electron chi connectivity index (χ1n) is 5.00. The third kappa shape index (κ3) is 2.06. The minimum Gasteiger partial charge on any atom is -0.447 e. The molecule has 0 aromatic carbocycles. The standard InChI is InChI=1S/C10H13N3O2/c1-2-13-9(7-15-10(13)14)5-8-3-4-11-12-6-8/h3-4,6,9H,2,5,7H2,1H3. The summed E-state index contributed by atoms with van der Waals surface area (Å²) in [5.74, 6) is 0. The van der Waals surface area contributed by atoms with Crippen molar-refractivity contribution in [1.82, 2.24) is 15.1 Å². The molecule has 15 heavy (non-hydrogen) atoms. The number of likely N-dealkylation sites (N-methyl/N-ethyl adjacent to an activating group) is 1. The molecule has 0 aliphatic carbocycles. The maximum absolute atomic E-state index is 11.3. The van der Waals surface area contributed by atoms with Crippen LogP contribution in [-0.2, 0) is 11.2 Å². The average molecular weight is 207 g/mol. The zero-order chi connectivity index (χ0) is 10.7. The van der Waals surface area contributed by atoms with E-state index >= 15 is 0 Å². The fraction of sp³-hybridized carbons (Fsp3) is 0.500. The second-order valence-electron chi connectivity index (χ2n) is 3.47. The Kier molecular flexibility index (Phi) is 2.80. The molecule has 1 aromatic rings. The van der Waals surface area contributed by atoms with Crippen molar-refractivity contribution in [2.45, 2.75) is 19.4 Å². The van der Waals surface area contributed by atoms with Crippen molar-refractivity contribution in [3.8, 4) is 0 Å². The van der Waals surface area contributed by atoms with Gasteiger partial charge in [-0.15, -0.1) is 0 Å². The summed E-state index contributed by atoms with van der Waals surface area (Å²) in [6.45, 7) is 3.10. The minimum atomic E-state index is -0.218. The molecule has 0 N–H and O–H groups in total. The Hall–Kier alpha value is -1.65. The highest BCUT2D eigenvalue weighted by Gasteiger charge is 2.31. The molecule has 2 heterocycles. The van der Waals surface area contributed by atoms with Crippen LogP contribution in [0, 0.1) is 0 Å². The van der Waals surface area contributed by atoms with Crippen LogP contribution in [0.15, 0.2) is 18.5 Å². The molecule has 0 spiro atoms. The number of cyclic esters (lactones) is 1. The predicted molar refractivity (Wildman–Crippen MR) is 53.3 cm³/mol. The first-order valence-corrected chi connectivity index (χ1v) is 5.00. The van der Waals surface area contributed by atoms with Crippen molar-refractivity contribution in [3.63, 3.8) is 0 Å². The van der Waals surface area contributed by atoms with Gasteiger partial charge in [0.05, 0.1) is 12.2 Å². The fourth-order valence-corrected chi connectivity index (χ4v) is 1.76. The Morgan fingerprint density at radius 3 is 3.13 bits per heavy atom. The molecule has 1 saturated heterocycles. The average Bonchev–Trinajstić information content (AvgIpc) is 2.61. The smallest absolute Gasteiger partial charge is 0.410 e. The van der Waals surface area contributed by atoms with E-state index in [1.54, 1.807) is 17.3 Å². The lowest BCUT2D eigenvalue weighted by Gasteiger charge is -2.18. The van der Waals surface area contributed by atoms with E-state index in [9.17, 15) is 4.79 Å². The largest absolute Gasteiger partial charge is 0.447 e. The van der Waals surface area contributed by atoms with Crippen molar-refractivity contribution >= 4 is 6.09 Å². The van der Waals surface area contributed by atoms with E-state index in [2.05, 4.69) is 10.2 Å². The van der Waals surface area contributed by atoms with Gasteiger partial charge >= 0.3 is 6.09 Å². The van der Waals surface area contributed by atoms with Gasteiger partial charge in [0.25, 0.3) is 0 Å². The normalized spacial score (nSPS) is 20.5. The van der Waals surface area contributed by atoms with E-state index < -0.39 is 0 Å². The number of carbonyl (C=O) groups excluding carboxylic acids is 1. The maximum atomic E-state index is 11.3. The molecule has 1 aliphatic rings. The van der Waals surface area contributed by atoms with Crippen LogP contribution in [0.1, 0.15) is 12.5 Å². The first-order chi connectivity index (χ1) is 7.31. The van der Waals surface area contributed by atoms with E-state index in [1.807, 2.05) is 13.0 Å². The van der Waals surface area contributed by atoms with Crippen LogP contribution < -0.4 is 0 Å². The molecule has 0 saturated carbocycles. The number of nitrogens with zero attached hydrogens (tertiary/aromatic N) is 3. The fourth-order valence-electron chi connectivity index (χ4n) is 1.76. The number of ether oxygens (including phenoxy) is 1. The molecule has 80 valence electrons. The van der Waals surface area contributed by atoms with Crippen molar-refractivity contribution in [2.75, 3.05) is 13.2 Å². The second kappa shape index (κ2) is 4.25. The lowest BCUT2D eigenvalue weighted by molar-refractivity contribution is 0.159. The van der Waals surface area contributed by atoms with Crippen LogP contribution in [0.5, 0.6) is 0 Å². The van der Waals surface area contributed by atoms with Gasteiger partial charge in [0.1, 0.15) is 6.61 Å². The SMILES string of the molecule is CCN1C(=O)OCC1Cc1ccnnc1. The summed E-state index contributed by atoms with van der Waals surface area (Å²) in [4.78, 5) is 13.0. The Balaban J connectivity index is 2.04. The lowest BCUT2D eigenvalue weighted by atomic mass is 10.1. The Morgan fingerprint density at radius 1 is 1.60 bits per heavy atom. The van der Waals surface area contributed by atoms with Gasteiger partial charge in [0, 0.05) is 12.7 Å². The van der Waals surface area contributed by atoms with Gasteiger partial charge in [-0.3, -0.25) is 0 Å². The Labute approximate surface area is 88.1 Å². The molecule has 5 heteroatoms. The van der Waals surface area contributed by atoms with Gasteiger partial charge in [-0.05, 0) is 25.0 Å². The molecular formula is C10H13N3O2. The molecule has 1 fully saturated rings. The zero-order valence-electron chi connectivity index (χ0n) is 8.59. The summed E-state index contributed by atoms with van der Waals surface area (Å²) in [6.07, 6.45) is 3.93. The lowest BCUT2D eigenvalue weighted by Crippen LogP contribution is -2.34. The Morgan fingerprint density at radius 2 is 2.47 bits per heavy atom. The zero-order valence-corrected chi connectivity index (χ0v) is 8.59. The summed E-state index contributed by atoms with van der Waals surface area (Å²) >= 11 is 0. The molecule has 5 nitrogen and oxygen atoms in total. The second-order valence-corrected chi connectivity index (χ2v) is 3.47. The van der Waals surface area contributed by atoms with Gasteiger partial charge in [0.15, 0.2) is 0 Å². The molecule has 0 bridgehead atoms. The molecule has 1 unspecified atom stereocenters. The summed E-state index contributed by atoms with van der Waals surface area (Å²) in [7, 11) is 0. The molecular weight excluding hydrogens is 194 g/mol. The number of aromatic nitrogens is 2.